The quantitative estimate of drug-likeness (QED) is 0.385. The highest BCUT2D eigenvalue weighted by atomic mass is 35.5. The summed E-state index contributed by atoms with van der Waals surface area (Å²) in [5.41, 5.74) is 9.29. The number of hydrogen-bond acceptors (Lipinski definition) is 3. The van der Waals surface area contributed by atoms with Gasteiger partial charge < -0.3 is 15.7 Å². The molecule has 0 aliphatic carbocycles. The van der Waals surface area contributed by atoms with E-state index in [1.54, 1.807) is 6.07 Å². The van der Waals surface area contributed by atoms with Gasteiger partial charge in [-0.05, 0) is 35.7 Å². The van der Waals surface area contributed by atoms with Crippen LogP contribution in [0, 0.1) is 6.92 Å². The Labute approximate surface area is 128 Å². The number of aryl methyl sites for hydroxylation is 1. The topological polar surface area (TPSA) is 67.8 Å². The van der Waals surface area contributed by atoms with Gasteiger partial charge in [0, 0.05) is 10.6 Å². The molecule has 0 saturated heterocycles. The van der Waals surface area contributed by atoms with Crippen LogP contribution in [0.15, 0.2) is 47.6 Å². The Hall–Kier alpha value is -2.04. The van der Waals surface area contributed by atoms with Gasteiger partial charge in [0.2, 0.25) is 0 Å². The van der Waals surface area contributed by atoms with E-state index in [0.29, 0.717) is 23.8 Å². The van der Waals surface area contributed by atoms with Gasteiger partial charge in [0.15, 0.2) is 5.84 Å². The lowest BCUT2D eigenvalue weighted by molar-refractivity contribution is 0.107. The van der Waals surface area contributed by atoms with E-state index in [2.05, 4.69) is 5.16 Å². The van der Waals surface area contributed by atoms with Crippen LogP contribution in [0.2, 0.25) is 5.02 Å². The van der Waals surface area contributed by atoms with Crippen LogP contribution in [0.5, 0.6) is 0 Å². The maximum atomic E-state index is 8.67. The monoisotopic (exact) mass is 304 g/mol. The molecule has 5 heteroatoms. The Bertz CT molecular complexity index is 656. The van der Waals surface area contributed by atoms with Crippen LogP contribution < -0.4 is 5.73 Å². The Balaban J connectivity index is 1.99. The third-order valence-corrected chi connectivity index (χ3v) is 3.59. The van der Waals surface area contributed by atoms with Crippen molar-refractivity contribution in [1.82, 2.24) is 0 Å². The summed E-state index contributed by atoms with van der Waals surface area (Å²) in [7, 11) is 0. The number of nitrogens with two attached hydrogens (primary N) is 1. The van der Waals surface area contributed by atoms with Crippen LogP contribution >= 0.6 is 11.6 Å². The first kappa shape index (κ1) is 15.4. The second-order valence-corrected chi connectivity index (χ2v) is 5.12. The largest absolute Gasteiger partial charge is 0.409 e. The SMILES string of the molecule is Cc1cc(/C(N)=N/O)ccc1COCc1ccccc1Cl. The highest BCUT2D eigenvalue weighted by molar-refractivity contribution is 6.31. The maximum Gasteiger partial charge on any atom is 0.170 e. The van der Waals surface area contributed by atoms with Gasteiger partial charge in [-0.3, -0.25) is 0 Å². The Kier molecular flexibility index (Phi) is 5.20. The van der Waals surface area contributed by atoms with E-state index in [4.69, 9.17) is 27.3 Å². The lowest BCUT2D eigenvalue weighted by Gasteiger charge is -2.10. The van der Waals surface area contributed by atoms with Gasteiger partial charge in [-0.15, -0.1) is 0 Å². The number of hydrogen-bond donors (Lipinski definition) is 2. The average molecular weight is 305 g/mol. The summed E-state index contributed by atoms with van der Waals surface area (Å²) >= 11 is 6.08. The van der Waals surface area contributed by atoms with E-state index in [-0.39, 0.29) is 5.84 Å². The molecule has 110 valence electrons. The molecule has 2 aromatic rings. The molecule has 0 atom stereocenters. The number of benzene rings is 2. The highest BCUT2D eigenvalue weighted by Crippen LogP contribution is 2.17. The molecule has 0 spiro atoms. The Morgan fingerprint density at radius 2 is 1.90 bits per heavy atom. The zero-order chi connectivity index (χ0) is 15.2. The average Bonchev–Trinajstić information content (AvgIpc) is 2.50. The van der Waals surface area contributed by atoms with Crippen molar-refractivity contribution in [3.8, 4) is 0 Å². The van der Waals surface area contributed by atoms with Crippen LogP contribution in [0.25, 0.3) is 0 Å². The van der Waals surface area contributed by atoms with Crippen LogP contribution in [-0.4, -0.2) is 11.0 Å². The number of oxime groups is 1. The van der Waals surface area contributed by atoms with Gasteiger partial charge in [0.05, 0.1) is 13.2 Å². The zero-order valence-electron chi connectivity index (χ0n) is 11.7. The molecule has 0 amide bonds. The lowest BCUT2D eigenvalue weighted by Crippen LogP contribution is -2.13. The molecule has 0 radical (unpaired) electrons. The second-order valence-electron chi connectivity index (χ2n) is 4.71. The fraction of sp³-hybridized carbons (Fsp3) is 0.188. The van der Waals surface area contributed by atoms with Crippen LogP contribution in [-0.2, 0) is 18.0 Å². The number of ether oxygens (including phenoxy) is 1. The van der Waals surface area contributed by atoms with Crippen LogP contribution in [0.1, 0.15) is 22.3 Å². The van der Waals surface area contributed by atoms with Gasteiger partial charge in [-0.25, -0.2) is 0 Å². The smallest absolute Gasteiger partial charge is 0.170 e. The third kappa shape index (κ3) is 3.97. The van der Waals surface area contributed by atoms with Crippen molar-refractivity contribution in [2.75, 3.05) is 0 Å². The summed E-state index contributed by atoms with van der Waals surface area (Å²) in [4.78, 5) is 0. The fourth-order valence-electron chi connectivity index (χ4n) is 1.96. The minimum atomic E-state index is 0.0987. The molecule has 0 aliphatic rings. The molecule has 0 fully saturated rings. The van der Waals surface area contributed by atoms with Gasteiger partial charge in [-0.2, -0.15) is 0 Å². The number of amidine groups is 1. The summed E-state index contributed by atoms with van der Waals surface area (Å²) in [5, 5.41) is 12.4. The molecule has 0 unspecified atom stereocenters. The summed E-state index contributed by atoms with van der Waals surface area (Å²) in [5.74, 6) is 0.0987. The van der Waals surface area contributed by atoms with Crippen molar-refractivity contribution in [2.45, 2.75) is 20.1 Å². The van der Waals surface area contributed by atoms with E-state index in [1.165, 1.54) is 0 Å². The van der Waals surface area contributed by atoms with E-state index in [0.717, 1.165) is 16.7 Å². The van der Waals surface area contributed by atoms with Crippen LogP contribution in [0.3, 0.4) is 0 Å². The predicted octanol–water partition coefficient (Wildman–Crippen LogP) is 3.46. The van der Waals surface area contributed by atoms with Crippen molar-refractivity contribution in [3.05, 3.63) is 69.7 Å². The molecule has 0 bridgehead atoms. The first-order chi connectivity index (χ1) is 10.1. The zero-order valence-corrected chi connectivity index (χ0v) is 12.5. The lowest BCUT2D eigenvalue weighted by atomic mass is 10.1. The fourth-order valence-corrected chi connectivity index (χ4v) is 2.15. The van der Waals surface area contributed by atoms with Gasteiger partial charge >= 0.3 is 0 Å². The van der Waals surface area contributed by atoms with Crippen molar-refractivity contribution >= 4 is 17.4 Å². The first-order valence-electron chi connectivity index (χ1n) is 6.50. The Morgan fingerprint density at radius 1 is 1.19 bits per heavy atom. The molecular formula is C16H17ClN2O2. The van der Waals surface area contributed by atoms with Crippen LogP contribution in [0.4, 0.5) is 0 Å². The summed E-state index contributed by atoms with van der Waals surface area (Å²) in [6.07, 6.45) is 0. The minimum absolute atomic E-state index is 0.0987. The minimum Gasteiger partial charge on any atom is -0.409 e. The van der Waals surface area contributed by atoms with Crippen molar-refractivity contribution in [3.63, 3.8) is 0 Å². The molecule has 0 heterocycles. The Morgan fingerprint density at radius 3 is 2.57 bits per heavy atom. The van der Waals surface area contributed by atoms with Crippen molar-refractivity contribution < 1.29 is 9.94 Å². The number of nitrogens with zero attached hydrogens (tertiary/aromatic N) is 1. The van der Waals surface area contributed by atoms with E-state index >= 15 is 0 Å². The summed E-state index contributed by atoms with van der Waals surface area (Å²) in [6.45, 7) is 2.90. The first-order valence-corrected chi connectivity index (χ1v) is 6.88. The summed E-state index contributed by atoms with van der Waals surface area (Å²) < 4.78 is 5.70. The van der Waals surface area contributed by atoms with Gasteiger partial charge in [0.1, 0.15) is 0 Å². The number of halogens is 1. The molecule has 4 nitrogen and oxygen atoms in total. The number of rotatable bonds is 5. The molecule has 0 aliphatic heterocycles. The van der Waals surface area contributed by atoms with Gasteiger partial charge in [-0.1, -0.05) is 47.1 Å². The molecular weight excluding hydrogens is 288 g/mol. The van der Waals surface area contributed by atoms with E-state index in [1.807, 2.05) is 43.3 Å². The standard InChI is InChI=1S/C16H17ClN2O2/c1-11-8-12(16(18)19-20)6-7-13(11)9-21-10-14-4-2-3-5-15(14)17/h2-8,20H,9-10H2,1H3,(H2,18,19). The molecule has 0 aromatic heterocycles. The molecule has 2 rings (SSSR count). The maximum absolute atomic E-state index is 8.67. The van der Waals surface area contributed by atoms with Crippen molar-refractivity contribution in [1.29, 1.82) is 0 Å². The highest BCUT2D eigenvalue weighted by Gasteiger charge is 2.05. The van der Waals surface area contributed by atoms with E-state index < -0.39 is 0 Å². The predicted molar refractivity (Wildman–Crippen MR) is 83.6 cm³/mol. The second kappa shape index (κ2) is 7.11. The molecule has 3 N–H and O–H groups in total. The molecule has 2 aromatic carbocycles. The van der Waals surface area contributed by atoms with Crippen molar-refractivity contribution in [2.24, 2.45) is 10.9 Å². The van der Waals surface area contributed by atoms with Gasteiger partial charge in [0.25, 0.3) is 0 Å². The summed E-state index contributed by atoms with van der Waals surface area (Å²) in [6, 6.07) is 13.2. The van der Waals surface area contributed by atoms with E-state index in [9.17, 15) is 0 Å². The molecule has 21 heavy (non-hydrogen) atoms. The third-order valence-electron chi connectivity index (χ3n) is 3.22. The molecule has 0 saturated carbocycles. The normalized spacial score (nSPS) is 11.6.